The molecule has 2 N–H and O–H groups in total. The van der Waals surface area contributed by atoms with E-state index in [0.717, 1.165) is 5.69 Å². The Morgan fingerprint density at radius 2 is 1.73 bits per heavy atom. The van der Waals surface area contributed by atoms with Crippen LogP contribution >= 0.6 is 0 Å². The summed E-state index contributed by atoms with van der Waals surface area (Å²) in [4.78, 5) is 11.1. The maximum absolute atomic E-state index is 11.1. The summed E-state index contributed by atoms with van der Waals surface area (Å²) in [6, 6.07) is 3.53. The molecule has 0 aromatic heterocycles. The van der Waals surface area contributed by atoms with Crippen molar-refractivity contribution in [1.29, 1.82) is 0 Å². The van der Waals surface area contributed by atoms with Crippen LogP contribution in [0.1, 0.15) is 0 Å². The van der Waals surface area contributed by atoms with Gasteiger partial charge in [-0.05, 0) is 0 Å². The zero-order valence-electron chi connectivity index (χ0n) is 8.59. The molecule has 1 aromatic carbocycles. The van der Waals surface area contributed by atoms with Crippen molar-refractivity contribution in [2.75, 3.05) is 31.4 Å². The predicted molar refractivity (Wildman–Crippen MR) is 56.7 cm³/mol. The van der Waals surface area contributed by atoms with E-state index in [1.54, 1.807) is 26.4 Å². The number of benzene rings is 1. The molecule has 5 heteroatoms. The fourth-order valence-electron chi connectivity index (χ4n) is 1.50. The minimum absolute atomic E-state index is 0.0604. The lowest BCUT2D eigenvalue weighted by molar-refractivity contribution is -0.114. The smallest absolute Gasteiger partial charge is 0.243 e. The van der Waals surface area contributed by atoms with Crippen LogP contribution in [-0.2, 0) is 4.79 Å². The Balaban J connectivity index is 2.45. The lowest BCUT2D eigenvalue weighted by Gasteiger charge is -2.20. The van der Waals surface area contributed by atoms with Crippen LogP contribution in [0.15, 0.2) is 12.1 Å². The number of ether oxygens (including phenoxy) is 2. The number of hydrogen-bond acceptors (Lipinski definition) is 4. The van der Waals surface area contributed by atoms with Crippen LogP contribution in [-0.4, -0.2) is 26.7 Å². The predicted octanol–water partition coefficient (Wildman–Crippen LogP) is 1.07. The highest BCUT2D eigenvalue weighted by atomic mass is 16.5. The van der Waals surface area contributed by atoms with E-state index in [0.29, 0.717) is 17.2 Å². The van der Waals surface area contributed by atoms with Crippen molar-refractivity contribution < 1.29 is 14.3 Å². The number of carbonyl (C=O) groups excluding carboxylic acids is 1. The average molecular weight is 208 g/mol. The molecule has 1 amide bonds. The Bertz CT molecular complexity index is 404. The molecule has 1 aliphatic rings. The molecule has 0 aliphatic carbocycles. The third-order valence-electron chi connectivity index (χ3n) is 2.24. The number of fused-ring (bicyclic) bond motifs is 1. The molecule has 0 bridgehead atoms. The Kier molecular flexibility index (Phi) is 2.37. The van der Waals surface area contributed by atoms with Crippen LogP contribution in [0.2, 0.25) is 0 Å². The van der Waals surface area contributed by atoms with Crippen molar-refractivity contribution in [3.8, 4) is 11.5 Å². The van der Waals surface area contributed by atoms with Crippen molar-refractivity contribution in [2.45, 2.75) is 0 Å². The first-order valence-corrected chi connectivity index (χ1v) is 4.54. The molecule has 80 valence electrons. The van der Waals surface area contributed by atoms with Gasteiger partial charge in [-0.25, -0.2) is 0 Å². The van der Waals surface area contributed by atoms with E-state index < -0.39 is 0 Å². The zero-order chi connectivity index (χ0) is 10.8. The van der Waals surface area contributed by atoms with E-state index in [9.17, 15) is 4.79 Å². The molecule has 1 aliphatic heterocycles. The third-order valence-corrected chi connectivity index (χ3v) is 2.24. The van der Waals surface area contributed by atoms with Gasteiger partial charge in [-0.2, -0.15) is 0 Å². The van der Waals surface area contributed by atoms with Gasteiger partial charge in [0.05, 0.1) is 32.1 Å². The summed E-state index contributed by atoms with van der Waals surface area (Å²) in [7, 11) is 3.13. The van der Waals surface area contributed by atoms with Crippen LogP contribution in [0.25, 0.3) is 0 Å². The minimum atomic E-state index is -0.0604. The molecule has 0 atom stereocenters. The normalized spacial score (nSPS) is 13.6. The van der Waals surface area contributed by atoms with E-state index in [-0.39, 0.29) is 12.5 Å². The molecule has 0 saturated carbocycles. The van der Waals surface area contributed by atoms with Crippen molar-refractivity contribution in [1.82, 2.24) is 0 Å². The van der Waals surface area contributed by atoms with Crippen molar-refractivity contribution in [3.63, 3.8) is 0 Å². The molecular formula is C10H12N2O3. The second-order valence-corrected chi connectivity index (χ2v) is 3.15. The topological polar surface area (TPSA) is 59.6 Å². The Morgan fingerprint density at radius 3 is 2.33 bits per heavy atom. The highest BCUT2D eigenvalue weighted by molar-refractivity contribution is 6.01. The maximum atomic E-state index is 11.1. The van der Waals surface area contributed by atoms with Crippen LogP contribution < -0.4 is 20.1 Å². The van der Waals surface area contributed by atoms with Gasteiger partial charge in [-0.15, -0.1) is 0 Å². The van der Waals surface area contributed by atoms with Crippen molar-refractivity contribution >= 4 is 17.3 Å². The Labute approximate surface area is 87.4 Å². The van der Waals surface area contributed by atoms with Gasteiger partial charge in [-0.1, -0.05) is 0 Å². The molecule has 1 heterocycles. The monoisotopic (exact) mass is 208 g/mol. The molecule has 0 fully saturated rings. The number of anilines is 2. The number of amides is 1. The lowest BCUT2D eigenvalue weighted by Crippen LogP contribution is -2.27. The van der Waals surface area contributed by atoms with Crippen LogP contribution in [0.3, 0.4) is 0 Å². The fourth-order valence-corrected chi connectivity index (χ4v) is 1.50. The first-order valence-electron chi connectivity index (χ1n) is 4.54. The number of rotatable bonds is 2. The maximum Gasteiger partial charge on any atom is 0.243 e. The van der Waals surface area contributed by atoms with E-state index in [2.05, 4.69) is 10.6 Å². The van der Waals surface area contributed by atoms with Gasteiger partial charge in [0.1, 0.15) is 0 Å². The first-order chi connectivity index (χ1) is 7.24. The number of methoxy groups -OCH3 is 2. The molecule has 0 saturated heterocycles. The minimum Gasteiger partial charge on any atom is -0.493 e. The molecular weight excluding hydrogens is 196 g/mol. The summed E-state index contributed by atoms with van der Waals surface area (Å²) in [6.45, 7) is 0.280. The van der Waals surface area contributed by atoms with Crippen molar-refractivity contribution in [3.05, 3.63) is 12.1 Å². The van der Waals surface area contributed by atoms with E-state index >= 15 is 0 Å². The number of hydrogen-bond donors (Lipinski definition) is 2. The average Bonchev–Trinajstić information content (AvgIpc) is 2.27. The molecule has 0 unspecified atom stereocenters. The summed E-state index contributed by atoms with van der Waals surface area (Å²) >= 11 is 0. The molecule has 0 spiro atoms. The van der Waals surface area contributed by atoms with E-state index in [4.69, 9.17) is 9.47 Å². The van der Waals surface area contributed by atoms with Gasteiger partial charge in [-0.3, -0.25) is 4.79 Å². The van der Waals surface area contributed by atoms with Gasteiger partial charge in [0.2, 0.25) is 5.91 Å². The second-order valence-electron chi connectivity index (χ2n) is 3.15. The fraction of sp³-hybridized carbons (Fsp3) is 0.300. The summed E-state index contributed by atoms with van der Waals surface area (Å²) in [5.74, 6) is 1.18. The summed E-state index contributed by atoms with van der Waals surface area (Å²) in [5.41, 5.74) is 1.55. The lowest BCUT2D eigenvalue weighted by atomic mass is 10.2. The summed E-state index contributed by atoms with van der Waals surface area (Å²) in [6.07, 6.45) is 0. The SMILES string of the molecule is COc1cc2c(cc1OC)NC(=O)CN2. The number of carbonyl (C=O) groups is 1. The van der Waals surface area contributed by atoms with Crippen LogP contribution in [0, 0.1) is 0 Å². The van der Waals surface area contributed by atoms with Gasteiger partial charge >= 0.3 is 0 Å². The second kappa shape index (κ2) is 3.68. The largest absolute Gasteiger partial charge is 0.493 e. The Hall–Kier alpha value is -1.91. The van der Waals surface area contributed by atoms with E-state index in [1.165, 1.54) is 0 Å². The summed E-state index contributed by atoms with van der Waals surface area (Å²) in [5, 5.41) is 5.74. The molecule has 0 radical (unpaired) electrons. The molecule has 1 aromatic rings. The Morgan fingerprint density at radius 1 is 1.13 bits per heavy atom. The third kappa shape index (κ3) is 1.68. The standard InChI is InChI=1S/C10H12N2O3/c1-14-8-3-6-7(4-9(8)15-2)12-10(13)5-11-6/h3-4,11H,5H2,1-2H3,(H,12,13). The van der Waals surface area contributed by atoms with Crippen LogP contribution in [0.5, 0.6) is 11.5 Å². The molecule has 2 rings (SSSR count). The zero-order valence-corrected chi connectivity index (χ0v) is 8.59. The highest BCUT2D eigenvalue weighted by Gasteiger charge is 2.17. The van der Waals surface area contributed by atoms with Crippen molar-refractivity contribution in [2.24, 2.45) is 0 Å². The van der Waals surface area contributed by atoms with Gasteiger partial charge < -0.3 is 20.1 Å². The van der Waals surface area contributed by atoms with Gasteiger partial charge in [0.15, 0.2) is 11.5 Å². The summed E-state index contributed by atoms with van der Waals surface area (Å²) < 4.78 is 10.3. The molecule has 5 nitrogen and oxygen atoms in total. The van der Waals surface area contributed by atoms with Crippen LogP contribution in [0.4, 0.5) is 11.4 Å². The highest BCUT2D eigenvalue weighted by Crippen LogP contribution is 2.37. The first kappa shape index (κ1) is 9.64. The quantitative estimate of drug-likeness (QED) is 0.763. The molecule has 15 heavy (non-hydrogen) atoms. The van der Waals surface area contributed by atoms with Gasteiger partial charge in [0.25, 0.3) is 0 Å². The van der Waals surface area contributed by atoms with E-state index in [1.807, 2.05) is 0 Å². The number of nitrogens with one attached hydrogen (secondary N) is 2. The van der Waals surface area contributed by atoms with Gasteiger partial charge in [0, 0.05) is 12.1 Å².